The van der Waals surface area contributed by atoms with Crippen LogP contribution in [0, 0.1) is 0 Å². The Morgan fingerprint density at radius 3 is 2.27 bits per heavy atom. The molecule has 1 aliphatic rings. The van der Waals surface area contributed by atoms with Crippen molar-refractivity contribution >= 4 is 0 Å². The number of rotatable bonds is 1. The van der Waals surface area contributed by atoms with Crippen LogP contribution in [0.5, 0.6) is 0 Å². The van der Waals surface area contributed by atoms with Gasteiger partial charge in [0.15, 0.2) is 0 Å². The van der Waals surface area contributed by atoms with Gasteiger partial charge in [-0.15, -0.1) is 0 Å². The van der Waals surface area contributed by atoms with Gasteiger partial charge in [-0.2, -0.15) is 0 Å². The SMILES string of the molecule is CC(C)N1C[C@@](C)(O)CC1C. The molecule has 1 N–H and O–H groups in total. The summed E-state index contributed by atoms with van der Waals surface area (Å²) in [6.07, 6.45) is 0.908. The van der Waals surface area contributed by atoms with Crippen LogP contribution in [0.25, 0.3) is 0 Å². The Kier molecular flexibility index (Phi) is 2.26. The topological polar surface area (TPSA) is 23.5 Å². The highest BCUT2D eigenvalue weighted by molar-refractivity contribution is 4.92. The van der Waals surface area contributed by atoms with Crippen LogP contribution in [0.4, 0.5) is 0 Å². The molecule has 0 saturated carbocycles. The third kappa shape index (κ3) is 1.94. The van der Waals surface area contributed by atoms with E-state index in [9.17, 15) is 5.11 Å². The van der Waals surface area contributed by atoms with E-state index in [4.69, 9.17) is 0 Å². The molecule has 0 aromatic carbocycles. The molecular weight excluding hydrogens is 138 g/mol. The highest BCUT2D eigenvalue weighted by atomic mass is 16.3. The van der Waals surface area contributed by atoms with Gasteiger partial charge in [0.2, 0.25) is 0 Å². The summed E-state index contributed by atoms with van der Waals surface area (Å²) in [4.78, 5) is 2.35. The van der Waals surface area contributed by atoms with Crippen LogP contribution in [0.3, 0.4) is 0 Å². The third-order valence-electron chi connectivity index (χ3n) is 2.49. The molecule has 2 atom stereocenters. The molecule has 0 amide bonds. The van der Waals surface area contributed by atoms with Crippen LogP contribution in [0.1, 0.15) is 34.1 Å². The van der Waals surface area contributed by atoms with E-state index in [1.165, 1.54) is 0 Å². The maximum absolute atomic E-state index is 9.74. The van der Waals surface area contributed by atoms with Gasteiger partial charge in [-0.05, 0) is 34.1 Å². The van der Waals surface area contributed by atoms with E-state index < -0.39 is 5.60 Å². The lowest BCUT2D eigenvalue weighted by molar-refractivity contribution is 0.0645. The normalized spacial score (nSPS) is 40.4. The molecule has 2 nitrogen and oxygen atoms in total. The Balaban J connectivity index is 2.59. The lowest BCUT2D eigenvalue weighted by Crippen LogP contribution is -2.36. The molecule has 66 valence electrons. The van der Waals surface area contributed by atoms with E-state index in [-0.39, 0.29) is 0 Å². The maximum Gasteiger partial charge on any atom is 0.0761 e. The third-order valence-corrected chi connectivity index (χ3v) is 2.49. The monoisotopic (exact) mass is 157 g/mol. The number of likely N-dealkylation sites (tertiary alicyclic amines) is 1. The molecule has 1 fully saturated rings. The number of hydrogen-bond donors (Lipinski definition) is 1. The standard InChI is InChI=1S/C9H19NO/c1-7(2)10-6-9(4,11)5-8(10)3/h7-8,11H,5-6H2,1-4H3/t8?,9-/m0/s1. The minimum Gasteiger partial charge on any atom is -0.389 e. The summed E-state index contributed by atoms with van der Waals surface area (Å²) in [6.45, 7) is 9.29. The van der Waals surface area contributed by atoms with Crippen LogP contribution in [0.15, 0.2) is 0 Å². The first-order valence-corrected chi connectivity index (χ1v) is 4.40. The summed E-state index contributed by atoms with van der Waals surface area (Å²) in [5.41, 5.74) is -0.455. The van der Waals surface area contributed by atoms with Gasteiger partial charge in [0.25, 0.3) is 0 Å². The van der Waals surface area contributed by atoms with Crippen LogP contribution in [-0.2, 0) is 0 Å². The van der Waals surface area contributed by atoms with Crippen molar-refractivity contribution in [2.24, 2.45) is 0 Å². The Labute approximate surface area is 69.2 Å². The summed E-state index contributed by atoms with van der Waals surface area (Å²) in [6, 6.07) is 1.09. The lowest BCUT2D eigenvalue weighted by atomic mass is 10.0. The van der Waals surface area contributed by atoms with E-state index >= 15 is 0 Å². The predicted molar refractivity (Wildman–Crippen MR) is 46.5 cm³/mol. The Morgan fingerprint density at radius 1 is 1.55 bits per heavy atom. The minimum atomic E-state index is -0.455. The molecule has 1 unspecified atom stereocenters. The Bertz CT molecular complexity index is 142. The first-order chi connectivity index (χ1) is 4.92. The molecule has 1 saturated heterocycles. The highest BCUT2D eigenvalue weighted by Crippen LogP contribution is 2.27. The fourth-order valence-electron chi connectivity index (χ4n) is 2.06. The largest absolute Gasteiger partial charge is 0.389 e. The number of hydrogen-bond acceptors (Lipinski definition) is 2. The molecule has 11 heavy (non-hydrogen) atoms. The Morgan fingerprint density at radius 2 is 2.09 bits per heavy atom. The van der Waals surface area contributed by atoms with Gasteiger partial charge in [0.05, 0.1) is 5.60 Å². The van der Waals surface area contributed by atoms with Gasteiger partial charge >= 0.3 is 0 Å². The smallest absolute Gasteiger partial charge is 0.0761 e. The molecule has 0 radical (unpaired) electrons. The molecule has 0 spiro atoms. The van der Waals surface area contributed by atoms with Crippen LogP contribution in [0.2, 0.25) is 0 Å². The Hall–Kier alpha value is -0.0800. The van der Waals surface area contributed by atoms with Crippen molar-refractivity contribution in [2.75, 3.05) is 6.54 Å². The minimum absolute atomic E-state index is 0.455. The maximum atomic E-state index is 9.74. The zero-order valence-corrected chi connectivity index (χ0v) is 7.96. The average molecular weight is 157 g/mol. The van der Waals surface area contributed by atoms with Crippen LogP contribution >= 0.6 is 0 Å². The van der Waals surface area contributed by atoms with E-state index in [1.807, 2.05) is 6.92 Å². The van der Waals surface area contributed by atoms with E-state index in [1.54, 1.807) is 0 Å². The summed E-state index contributed by atoms with van der Waals surface area (Å²) in [5, 5.41) is 9.74. The number of β-amino-alcohol motifs (C(OH)–C–C–N with tert-alkyl or cyclic N) is 1. The van der Waals surface area contributed by atoms with Crippen molar-refractivity contribution < 1.29 is 5.11 Å². The molecule has 1 heterocycles. The molecule has 0 aromatic heterocycles. The summed E-state index contributed by atoms with van der Waals surface area (Å²) in [5.74, 6) is 0. The number of aliphatic hydroxyl groups is 1. The fourth-order valence-corrected chi connectivity index (χ4v) is 2.06. The summed E-state index contributed by atoms with van der Waals surface area (Å²) >= 11 is 0. The predicted octanol–water partition coefficient (Wildman–Crippen LogP) is 1.24. The zero-order valence-electron chi connectivity index (χ0n) is 7.96. The molecule has 2 heteroatoms. The van der Waals surface area contributed by atoms with Gasteiger partial charge in [-0.3, -0.25) is 4.90 Å². The first kappa shape index (κ1) is 9.01. The van der Waals surface area contributed by atoms with E-state index in [0.29, 0.717) is 12.1 Å². The lowest BCUT2D eigenvalue weighted by Gasteiger charge is -2.25. The second-order valence-electron chi connectivity index (χ2n) is 4.32. The van der Waals surface area contributed by atoms with Crippen molar-refractivity contribution in [1.29, 1.82) is 0 Å². The van der Waals surface area contributed by atoms with Gasteiger partial charge in [-0.25, -0.2) is 0 Å². The molecule has 0 aliphatic carbocycles. The summed E-state index contributed by atoms with van der Waals surface area (Å²) in [7, 11) is 0. The molecular formula is C9H19NO. The second-order valence-corrected chi connectivity index (χ2v) is 4.32. The zero-order chi connectivity index (χ0) is 8.65. The van der Waals surface area contributed by atoms with E-state index in [2.05, 4.69) is 25.7 Å². The van der Waals surface area contributed by atoms with Crippen LogP contribution < -0.4 is 0 Å². The molecule has 1 rings (SSSR count). The summed E-state index contributed by atoms with van der Waals surface area (Å²) < 4.78 is 0. The highest BCUT2D eigenvalue weighted by Gasteiger charge is 2.37. The van der Waals surface area contributed by atoms with Gasteiger partial charge < -0.3 is 5.11 Å². The van der Waals surface area contributed by atoms with Crippen LogP contribution in [-0.4, -0.2) is 34.2 Å². The molecule has 0 aromatic rings. The number of nitrogens with zero attached hydrogens (tertiary/aromatic N) is 1. The van der Waals surface area contributed by atoms with E-state index in [0.717, 1.165) is 13.0 Å². The average Bonchev–Trinajstić information content (AvgIpc) is 2.05. The van der Waals surface area contributed by atoms with Crippen molar-refractivity contribution in [2.45, 2.75) is 51.8 Å². The second kappa shape index (κ2) is 2.76. The fraction of sp³-hybridized carbons (Fsp3) is 1.00. The molecule has 1 aliphatic heterocycles. The quantitative estimate of drug-likeness (QED) is 0.619. The first-order valence-electron chi connectivity index (χ1n) is 4.40. The van der Waals surface area contributed by atoms with Crippen molar-refractivity contribution in [3.63, 3.8) is 0 Å². The van der Waals surface area contributed by atoms with Crippen molar-refractivity contribution in [3.8, 4) is 0 Å². The van der Waals surface area contributed by atoms with Gasteiger partial charge in [0, 0.05) is 18.6 Å². The van der Waals surface area contributed by atoms with Crippen molar-refractivity contribution in [3.05, 3.63) is 0 Å². The van der Waals surface area contributed by atoms with Gasteiger partial charge in [-0.1, -0.05) is 0 Å². The van der Waals surface area contributed by atoms with Gasteiger partial charge in [0.1, 0.15) is 0 Å². The molecule has 0 bridgehead atoms. The van der Waals surface area contributed by atoms with Crippen molar-refractivity contribution in [1.82, 2.24) is 4.90 Å².